The van der Waals surface area contributed by atoms with Crippen LogP contribution in [-0.2, 0) is 14.1 Å². The molecule has 1 heterocycles. The SMILES string of the molecule is CC1C(C=O)CCCC1B1OC(C)(C)C(C)(C)O1. The molecule has 3 nitrogen and oxygen atoms in total. The highest BCUT2D eigenvalue weighted by Gasteiger charge is 2.55. The van der Waals surface area contributed by atoms with Gasteiger partial charge in [0.1, 0.15) is 6.29 Å². The number of hydrogen-bond donors (Lipinski definition) is 0. The molecule has 3 atom stereocenters. The van der Waals surface area contributed by atoms with Crippen LogP contribution >= 0.6 is 0 Å². The van der Waals surface area contributed by atoms with Crippen molar-refractivity contribution < 1.29 is 14.1 Å². The average molecular weight is 252 g/mol. The standard InChI is InChI=1S/C14H25BO3/c1-10-11(9-16)7-6-8-12(10)15-17-13(2,3)14(4,5)18-15/h9-12H,6-8H2,1-5H3. The summed E-state index contributed by atoms with van der Waals surface area (Å²) in [4.78, 5) is 11.1. The first kappa shape index (κ1) is 14.1. The first-order valence-electron chi connectivity index (χ1n) is 7.09. The lowest BCUT2D eigenvalue weighted by atomic mass is 9.57. The average Bonchev–Trinajstić information content (AvgIpc) is 2.48. The Morgan fingerprint density at radius 3 is 2.17 bits per heavy atom. The molecule has 2 rings (SSSR count). The minimum Gasteiger partial charge on any atom is -0.403 e. The number of carbonyl (C=O) groups is 1. The van der Waals surface area contributed by atoms with Crippen LogP contribution < -0.4 is 0 Å². The molecule has 0 aromatic heterocycles. The molecule has 1 aliphatic carbocycles. The Kier molecular flexibility index (Phi) is 3.63. The van der Waals surface area contributed by atoms with Gasteiger partial charge in [-0.05, 0) is 45.9 Å². The summed E-state index contributed by atoms with van der Waals surface area (Å²) in [5, 5.41) is 0. The summed E-state index contributed by atoms with van der Waals surface area (Å²) in [6, 6.07) is 0. The van der Waals surface area contributed by atoms with Crippen molar-refractivity contribution in [1.29, 1.82) is 0 Å². The molecule has 1 aliphatic heterocycles. The Morgan fingerprint density at radius 1 is 1.11 bits per heavy atom. The van der Waals surface area contributed by atoms with Gasteiger partial charge in [0.05, 0.1) is 11.2 Å². The summed E-state index contributed by atoms with van der Waals surface area (Å²) in [7, 11) is -0.159. The highest BCUT2D eigenvalue weighted by molar-refractivity contribution is 6.47. The molecule has 1 saturated carbocycles. The quantitative estimate of drug-likeness (QED) is 0.559. The van der Waals surface area contributed by atoms with Gasteiger partial charge in [-0.2, -0.15) is 0 Å². The van der Waals surface area contributed by atoms with E-state index < -0.39 is 0 Å². The van der Waals surface area contributed by atoms with Gasteiger partial charge in [0.25, 0.3) is 0 Å². The van der Waals surface area contributed by atoms with E-state index >= 15 is 0 Å². The summed E-state index contributed by atoms with van der Waals surface area (Å²) in [6.07, 6.45) is 4.33. The molecule has 0 N–H and O–H groups in total. The molecule has 0 amide bonds. The van der Waals surface area contributed by atoms with E-state index in [9.17, 15) is 4.79 Å². The second-order valence-electron chi connectivity index (χ2n) is 6.88. The lowest BCUT2D eigenvalue weighted by Crippen LogP contribution is -2.41. The number of carbonyl (C=O) groups excluding carboxylic acids is 1. The first-order chi connectivity index (χ1) is 8.28. The largest absolute Gasteiger partial charge is 0.461 e. The molecule has 102 valence electrons. The van der Waals surface area contributed by atoms with E-state index in [0.717, 1.165) is 25.5 Å². The summed E-state index contributed by atoms with van der Waals surface area (Å²) in [6.45, 7) is 10.5. The lowest BCUT2D eigenvalue weighted by molar-refractivity contribution is -0.113. The topological polar surface area (TPSA) is 35.5 Å². The van der Waals surface area contributed by atoms with E-state index in [1.54, 1.807) is 0 Å². The fourth-order valence-electron chi connectivity index (χ4n) is 3.07. The van der Waals surface area contributed by atoms with E-state index in [4.69, 9.17) is 9.31 Å². The van der Waals surface area contributed by atoms with Gasteiger partial charge in [-0.25, -0.2) is 0 Å². The van der Waals surface area contributed by atoms with Gasteiger partial charge in [0.2, 0.25) is 0 Å². The van der Waals surface area contributed by atoms with Crippen molar-refractivity contribution in [3.8, 4) is 0 Å². The summed E-state index contributed by atoms with van der Waals surface area (Å²) in [5.74, 6) is 0.865. The maximum atomic E-state index is 11.1. The van der Waals surface area contributed by atoms with Crippen LogP contribution in [0.5, 0.6) is 0 Å². The van der Waals surface area contributed by atoms with E-state index in [-0.39, 0.29) is 24.2 Å². The van der Waals surface area contributed by atoms with E-state index in [0.29, 0.717) is 11.7 Å². The van der Waals surface area contributed by atoms with Crippen molar-refractivity contribution in [2.75, 3.05) is 0 Å². The van der Waals surface area contributed by atoms with E-state index in [1.807, 2.05) is 0 Å². The van der Waals surface area contributed by atoms with Crippen LogP contribution in [0.1, 0.15) is 53.9 Å². The third kappa shape index (κ3) is 2.25. The van der Waals surface area contributed by atoms with Crippen molar-refractivity contribution in [2.24, 2.45) is 11.8 Å². The molecule has 2 aliphatic rings. The molecule has 4 heteroatoms. The Morgan fingerprint density at radius 2 is 1.67 bits per heavy atom. The van der Waals surface area contributed by atoms with Crippen molar-refractivity contribution in [1.82, 2.24) is 0 Å². The Hall–Kier alpha value is -0.345. The van der Waals surface area contributed by atoms with E-state index in [2.05, 4.69) is 34.6 Å². The van der Waals surface area contributed by atoms with Crippen molar-refractivity contribution in [2.45, 2.75) is 70.9 Å². The Bertz CT molecular complexity index is 311. The highest BCUT2D eigenvalue weighted by Crippen LogP contribution is 2.47. The number of rotatable bonds is 2. The molecule has 3 unspecified atom stereocenters. The summed E-state index contributed by atoms with van der Waals surface area (Å²) < 4.78 is 12.3. The lowest BCUT2D eigenvalue weighted by Gasteiger charge is -2.34. The van der Waals surface area contributed by atoms with Crippen LogP contribution in [0.15, 0.2) is 0 Å². The number of aldehydes is 1. The van der Waals surface area contributed by atoms with Gasteiger partial charge in [0.15, 0.2) is 0 Å². The Labute approximate surface area is 111 Å². The van der Waals surface area contributed by atoms with Gasteiger partial charge >= 0.3 is 7.12 Å². The molecule has 0 spiro atoms. The van der Waals surface area contributed by atoms with E-state index in [1.165, 1.54) is 0 Å². The van der Waals surface area contributed by atoms with Gasteiger partial charge in [0, 0.05) is 5.92 Å². The zero-order chi connectivity index (χ0) is 13.6. The van der Waals surface area contributed by atoms with Crippen LogP contribution in [0, 0.1) is 11.8 Å². The molecule has 0 aromatic carbocycles. The third-order valence-corrected chi connectivity index (χ3v) is 5.22. The smallest absolute Gasteiger partial charge is 0.403 e. The van der Waals surface area contributed by atoms with Crippen LogP contribution in [0.4, 0.5) is 0 Å². The predicted molar refractivity (Wildman–Crippen MR) is 72.4 cm³/mol. The van der Waals surface area contributed by atoms with Crippen molar-refractivity contribution in [3.63, 3.8) is 0 Å². The molecule has 2 fully saturated rings. The molecule has 0 bridgehead atoms. The zero-order valence-electron chi connectivity index (χ0n) is 12.2. The second kappa shape index (κ2) is 4.64. The Balaban J connectivity index is 2.11. The van der Waals surface area contributed by atoms with Crippen molar-refractivity contribution >= 4 is 13.4 Å². The fraction of sp³-hybridized carbons (Fsp3) is 0.929. The molecule has 18 heavy (non-hydrogen) atoms. The van der Waals surface area contributed by atoms with Crippen LogP contribution in [0.25, 0.3) is 0 Å². The number of hydrogen-bond acceptors (Lipinski definition) is 3. The van der Waals surface area contributed by atoms with Gasteiger partial charge in [-0.15, -0.1) is 0 Å². The second-order valence-corrected chi connectivity index (χ2v) is 6.88. The monoisotopic (exact) mass is 252 g/mol. The highest BCUT2D eigenvalue weighted by atomic mass is 16.7. The van der Waals surface area contributed by atoms with Crippen LogP contribution in [0.2, 0.25) is 5.82 Å². The van der Waals surface area contributed by atoms with Gasteiger partial charge in [-0.3, -0.25) is 0 Å². The fourth-order valence-corrected chi connectivity index (χ4v) is 3.07. The van der Waals surface area contributed by atoms with Crippen LogP contribution in [0.3, 0.4) is 0 Å². The van der Waals surface area contributed by atoms with Crippen LogP contribution in [-0.4, -0.2) is 24.6 Å². The van der Waals surface area contributed by atoms with Gasteiger partial charge < -0.3 is 14.1 Å². The minimum atomic E-state index is -0.272. The maximum Gasteiger partial charge on any atom is 0.461 e. The minimum absolute atomic E-state index is 0.159. The molecular formula is C14H25BO3. The van der Waals surface area contributed by atoms with Crippen molar-refractivity contribution in [3.05, 3.63) is 0 Å². The molecular weight excluding hydrogens is 227 g/mol. The summed E-state index contributed by atoms with van der Waals surface area (Å²) >= 11 is 0. The summed E-state index contributed by atoms with van der Waals surface area (Å²) in [5.41, 5.74) is -0.545. The van der Waals surface area contributed by atoms with Gasteiger partial charge in [-0.1, -0.05) is 19.8 Å². The normalized spacial score (nSPS) is 38.7. The maximum absolute atomic E-state index is 11.1. The third-order valence-electron chi connectivity index (χ3n) is 5.22. The first-order valence-corrected chi connectivity index (χ1v) is 7.09. The molecule has 0 radical (unpaired) electrons. The zero-order valence-corrected chi connectivity index (χ0v) is 12.2. The predicted octanol–water partition coefficient (Wildman–Crippen LogP) is 3.08. The molecule has 0 aromatic rings. The molecule has 1 saturated heterocycles.